The van der Waals surface area contributed by atoms with E-state index < -0.39 is 11.6 Å². The van der Waals surface area contributed by atoms with Gasteiger partial charge in [0.1, 0.15) is 29.3 Å². The molecule has 0 aromatic heterocycles. The van der Waals surface area contributed by atoms with Crippen LogP contribution in [0.4, 0.5) is 0 Å². The molecule has 0 aliphatic heterocycles. The fourth-order valence-corrected chi connectivity index (χ4v) is 4.63. The lowest BCUT2D eigenvalue weighted by Crippen LogP contribution is -2.37. The third-order valence-electron chi connectivity index (χ3n) is 7.01. The average Bonchev–Trinajstić information content (AvgIpc) is 2.73. The lowest BCUT2D eigenvalue weighted by Gasteiger charge is -2.43. The van der Waals surface area contributed by atoms with E-state index >= 15 is 0 Å². The van der Waals surface area contributed by atoms with Crippen LogP contribution in [0.1, 0.15) is 93.8 Å². The summed E-state index contributed by atoms with van der Waals surface area (Å²) in [6.45, 7) is 11.2. The van der Waals surface area contributed by atoms with Crippen molar-refractivity contribution in [2.24, 2.45) is 0 Å². The second-order valence-electron chi connectivity index (χ2n) is 10.4. The summed E-state index contributed by atoms with van der Waals surface area (Å²) in [5, 5.41) is 30.8. The number of aromatic carboxylic acids is 1. The standard InChI is InChI=1S/C27H36O5/c1-6-7-12-27(31,17-32-19-9-10-20(24(29)30)23(28)16-19)18-8-11-21-22(15-18)26(4,5)14-13-25(21,2)3/h8-11,15-16,28,31H,6-7,12-14,17H2,1-5H3,(H,29,30). The fourth-order valence-electron chi connectivity index (χ4n) is 4.63. The SMILES string of the molecule is CCCCC(O)(COc1ccc(C(=O)O)c(O)c1)c1ccc2c(c1)C(C)(C)CCC2(C)C. The number of hydrogen-bond acceptors (Lipinski definition) is 4. The highest BCUT2D eigenvalue weighted by Gasteiger charge is 2.39. The largest absolute Gasteiger partial charge is 0.507 e. The van der Waals surface area contributed by atoms with E-state index in [2.05, 4.69) is 46.8 Å². The Morgan fingerprint density at radius 3 is 2.28 bits per heavy atom. The van der Waals surface area contributed by atoms with Crippen molar-refractivity contribution >= 4 is 5.97 Å². The zero-order chi connectivity index (χ0) is 23.7. The molecule has 174 valence electrons. The summed E-state index contributed by atoms with van der Waals surface area (Å²) in [5.74, 6) is -1.24. The minimum atomic E-state index is -1.20. The number of aliphatic hydroxyl groups is 1. The van der Waals surface area contributed by atoms with Crippen LogP contribution >= 0.6 is 0 Å². The minimum Gasteiger partial charge on any atom is -0.507 e. The molecule has 2 aromatic rings. The average molecular weight is 441 g/mol. The molecule has 0 amide bonds. The van der Waals surface area contributed by atoms with Gasteiger partial charge in [-0.05, 0) is 58.9 Å². The number of aromatic hydroxyl groups is 1. The van der Waals surface area contributed by atoms with Crippen molar-refractivity contribution in [1.82, 2.24) is 0 Å². The zero-order valence-electron chi connectivity index (χ0n) is 19.9. The second kappa shape index (κ2) is 8.78. The Morgan fingerprint density at radius 2 is 1.69 bits per heavy atom. The van der Waals surface area contributed by atoms with Crippen LogP contribution in [-0.2, 0) is 16.4 Å². The van der Waals surface area contributed by atoms with E-state index in [1.165, 1.54) is 29.3 Å². The number of fused-ring (bicyclic) bond motifs is 1. The first kappa shape index (κ1) is 24.1. The number of rotatable bonds is 8. The topological polar surface area (TPSA) is 87.0 Å². The van der Waals surface area contributed by atoms with Gasteiger partial charge < -0.3 is 20.1 Å². The van der Waals surface area contributed by atoms with Gasteiger partial charge in [-0.1, -0.05) is 65.7 Å². The van der Waals surface area contributed by atoms with E-state index in [0.717, 1.165) is 31.2 Å². The third kappa shape index (κ3) is 4.78. The minimum absolute atomic E-state index is 0.0153. The van der Waals surface area contributed by atoms with Crippen molar-refractivity contribution in [3.05, 3.63) is 58.7 Å². The van der Waals surface area contributed by atoms with Gasteiger partial charge in [0.15, 0.2) is 0 Å². The van der Waals surface area contributed by atoms with E-state index in [9.17, 15) is 15.0 Å². The number of unbranched alkanes of at least 4 members (excludes halogenated alkanes) is 1. The fraction of sp³-hybridized carbons (Fsp3) is 0.519. The van der Waals surface area contributed by atoms with Gasteiger partial charge >= 0.3 is 5.97 Å². The highest BCUT2D eigenvalue weighted by molar-refractivity contribution is 5.90. The van der Waals surface area contributed by atoms with E-state index in [-0.39, 0.29) is 28.7 Å². The number of hydrogen-bond donors (Lipinski definition) is 3. The molecule has 0 heterocycles. The van der Waals surface area contributed by atoms with Crippen molar-refractivity contribution in [2.45, 2.75) is 83.2 Å². The molecule has 0 radical (unpaired) electrons. The van der Waals surface area contributed by atoms with Gasteiger partial charge in [-0.2, -0.15) is 0 Å². The lowest BCUT2D eigenvalue weighted by atomic mass is 9.62. The quantitative estimate of drug-likeness (QED) is 0.476. The molecule has 1 aliphatic rings. The van der Waals surface area contributed by atoms with E-state index in [1.807, 2.05) is 6.07 Å². The molecule has 2 aromatic carbocycles. The Bertz CT molecular complexity index is 992. The molecule has 1 aliphatic carbocycles. The van der Waals surface area contributed by atoms with Crippen LogP contribution in [0.15, 0.2) is 36.4 Å². The van der Waals surface area contributed by atoms with Crippen LogP contribution in [0.2, 0.25) is 0 Å². The maximum Gasteiger partial charge on any atom is 0.339 e. The van der Waals surface area contributed by atoms with Crippen LogP contribution in [0.5, 0.6) is 11.5 Å². The molecular weight excluding hydrogens is 404 g/mol. The zero-order valence-corrected chi connectivity index (χ0v) is 19.9. The molecule has 3 rings (SSSR count). The number of phenols is 1. The number of carboxylic acids is 1. The summed E-state index contributed by atoms with van der Waals surface area (Å²) in [4.78, 5) is 11.1. The van der Waals surface area contributed by atoms with Gasteiger partial charge in [0.05, 0.1) is 0 Å². The number of carbonyl (C=O) groups is 1. The molecule has 0 fully saturated rings. The number of ether oxygens (including phenoxy) is 1. The molecule has 5 heteroatoms. The van der Waals surface area contributed by atoms with Gasteiger partial charge in [0.2, 0.25) is 0 Å². The summed E-state index contributed by atoms with van der Waals surface area (Å²) in [6, 6.07) is 10.4. The van der Waals surface area contributed by atoms with Crippen LogP contribution in [-0.4, -0.2) is 27.9 Å². The Labute approximate surface area is 191 Å². The Balaban J connectivity index is 1.94. The highest BCUT2D eigenvalue weighted by atomic mass is 16.5. The predicted molar refractivity (Wildman–Crippen MR) is 126 cm³/mol. The van der Waals surface area contributed by atoms with Crippen molar-refractivity contribution < 1.29 is 24.9 Å². The molecule has 3 N–H and O–H groups in total. The number of carboxylic acid groups (broad SMARTS) is 1. The van der Waals surface area contributed by atoms with E-state index in [0.29, 0.717) is 12.2 Å². The first-order chi connectivity index (χ1) is 14.9. The summed E-state index contributed by atoms with van der Waals surface area (Å²) >= 11 is 0. The van der Waals surface area contributed by atoms with Crippen molar-refractivity contribution in [1.29, 1.82) is 0 Å². The lowest BCUT2D eigenvalue weighted by molar-refractivity contribution is -0.0189. The molecule has 0 bridgehead atoms. The summed E-state index contributed by atoms with van der Waals surface area (Å²) < 4.78 is 5.87. The monoisotopic (exact) mass is 440 g/mol. The molecule has 32 heavy (non-hydrogen) atoms. The maximum atomic E-state index is 11.7. The van der Waals surface area contributed by atoms with Crippen LogP contribution in [0.3, 0.4) is 0 Å². The van der Waals surface area contributed by atoms with Gasteiger partial charge in [-0.15, -0.1) is 0 Å². The van der Waals surface area contributed by atoms with Gasteiger partial charge in [0, 0.05) is 6.07 Å². The van der Waals surface area contributed by atoms with E-state index in [1.54, 1.807) is 0 Å². The molecule has 5 nitrogen and oxygen atoms in total. The highest BCUT2D eigenvalue weighted by Crippen LogP contribution is 2.47. The molecule has 0 spiro atoms. The first-order valence-electron chi connectivity index (χ1n) is 11.5. The predicted octanol–water partition coefficient (Wildman–Crippen LogP) is 5.90. The summed E-state index contributed by atoms with van der Waals surface area (Å²) in [6.07, 6.45) is 4.56. The molecule has 1 atom stereocenters. The Hall–Kier alpha value is -2.53. The normalized spacial score (nSPS) is 18.4. The Kier molecular flexibility index (Phi) is 6.62. The Morgan fingerprint density at radius 1 is 1.03 bits per heavy atom. The van der Waals surface area contributed by atoms with Crippen molar-refractivity contribution in [3.8, 4) is 11.5 Å². The van der Waals surface area contributed by atoms with Crippen LogP contribution in [0, 0.1) is 0 Å². The maximum absolute atomic E-state index is 11.7. The van der Waals surface area contributed by atoms with Crippen molar-refractivity contribution in [3.63, 3.8) is 0 Å². The molecular formula is C27H36O5. The smallest absolute Gasteiger partial charge is 0.339 e. The van der Waals surface area contributed by atoms with Gasteiger partial charge in [0.25, 0.3) is 0 Å². The van der Waals surface area contributed by atoms with Crippen LogP contribution in [0.25, 0.3) is 0 Å². The third-order valence-corrected chi connectivity index (χ3v) is 7.01. The number of benzene rings is 2. The molecule has 0 saturated carbocycles. The summed E-state index contributed by atoms with van der Waals surface area (Å²) in [7, 11) is 0. The van der Waals surface area contributed by atoms with Gasteiger partial charge in [-0.25, -0.2) is 4.79 Å². The van der Waals surface area contributed by atoms with E-state index in [4.69, 9.17) is 9.84 Å². The van der Waals surface area contributed by atoms with Gasteiger partial charge in [-0.3, -0.25) is 0 Å². The van der Waals surface area contributed by atoms with Crippen LogP contribution < -0.4 is 4.74 Å². The molecule has 0 saturated heterocycles. The molecule has 1 unspecified atom stereocenters. The second-order valence-corrected chi connectivity index (χ2v) is 10.4. The van der Waals surface area contributed by atoms with Crippen molar-refractivity contribution in [2.75, 3.05) is 6.61 Å². The summed E-state index contributed by atoms with van der Waals surface area (Å²) in [5.41, 5.74) is 2.22. The first-order valence-corrected chi connectivity index (χ1v) is 11.5.